The number of carbonyl (C=O) groups excluding carboxylic acids is 1. The molecule has 1 saturated heterocycles. The van der Waals surface area contributed by atoms with Crippen LogP contribution in [0.3, 0.4) is 0 Å². The van der Waals surface area contributed by atoms with Crippen LogP contribution < -0.4 is 10.6 Å². The third kappa shape index (κ3) is 5.64. The van der Waals surface area contributed by atoms with Crippen LogP contribution in [0.4, 0.5) is 0 Å². The highest BCUT2D eigenvalue weighted by Gasteiger charge is 2.24. The Labute approximate surface area is 140 Å². The molecular formula is C14H19Cl3N2O2. The number of amides is 1. The molecule has 0 radical (unpaired) electrons. The van der Waals surface area contributed by atoms with Crippen LogP contribution >= 0.6 is 35.6 Å². The third-order valence-electron chi connectivity index (χ3n) is 3.49. The van der Waals surface area contributed by atoms with Gasteiger partial charge in [-0.2, -0.15) is 0 Å². The summed E-state index contributed by atoms with van der Waals surface area (Å²) in [6.45, 7) is 1.85. The lowest BCUT2D eigenvalue weighted by Gasteiger charge is -2.14. The fourth-order valence-electron chi connectivity index (χ4n) is 2.21. The van der Waals surface area contributed by atoms with Crippen LogP contribution in [0, 0.1) is 5.92 Å². The monoisotopic (exact) mass is 352 g/mol. The third-order valence-corrected chi connectivity index (χ3v) is 4.23. The molecule has 21 heavy (non-hydrogen) atoms. The molecular weight excluding hydrogens is 335 g/mol. The van der Waals surface area contributed by atoms with E-state index in [9.17, 15) is 9.90 Å². The Morgan fingerprint density at radius 3 is 2.71 bits per heavy atom. The number of aliphatic hydroxyl groups is 1. The van der Waals surface area contributed by atoms with Gasteiger partial charge >= 0.3 is 0 Å². The van der Waals surface area contributed by atoms with Crippen LogP contribution in [-0.4, -0.2) is 36.8 Å². The molecule has 1 aromatic rings. The van der Waals surface area contributed by atoms with Crippen LogP contribution in [0.5, 0.6) is 0 Å². The predicted molar refractivity (Wildman–Crippen MR) is 87.4 cm³/mol. The van der Waals surface area contributed by atoms with Crippen molar-refractivity contribution < 1.29 is 9.90 Å². The molecule has 2 atom stereocenters. The summed E-state index contributed by atoms with van der Waals surface area (Å²) in [4.78, 5) is 11.8. The zero-order chi connectivity index (χ0) is 14.5. The van der Waals surface area contributed by atoms with Gasteiger partial charge in [0, 0.05) is 32.0 Å². The van der Waals surface area contributed by atoms with Gasteiger partial charge in [-0.05, 0) is 24.1 Å². The Kier molecular flexibility index (Phi) is 7.77. The number of hydrogen-bond acceptors (Lipinski definition) is 3. The minimum Gasteiger partial charge on any atom is -0.391 e. The van der Waals surface area contributed by atoms with Crippen molar-refractivity contribution in [1.29, 1.82) is 0 Å². The van der Waals surface area contributed by atoms with E-state index in [-0.39, 0.29) is 30.3 Å². The first-order chi connectivity index (χ1) is 9.56. The van der Waals surface area contributed by atoms with Gasteiger partial charge < -0.3 is 15.7 Å². The van der Waals surface area contributed by atoms with Crippen molar-refractivity contribution in [2.45, 2.75) is 18.9 Å². The van der Waals surface area contributed by atoms with Crippen molar-refractivity contribution in [2.24, 2.45) is 5.92 Å². The highest BCUT2D eigenvalue weighted by Crippen LogP contribution is 2.23. The quantitative estimate of drug-likeness (QED) is 0.759. The number of halogens is 3. The highest BCUT2D eigenvalue weighted by atomic mass is 35.5. The van der Waals surface area contributed by atoms with Gasteiger partial charge in [-0.15, -0.1) is 12.4 Å². The number of rotatable bonds is 5. The van der Waals surface area contributed by atoms with Crippen LogP contribution in [0.25, 0.3) is 0 Å². The largest absolute Gasteiger partial charge is 0.391 e. The fourth-order valence-corrected chi connectivity index (χ4v) is 2.53. The molecule has 0 saturated carbocycles. The topological polar surface area (TPSA) is 61.4 Å². The maximum atomic E-state index is 11.8. The second-order valence-electron chi connectivity index (χ2n) is 5.04. The van der Waals surface area contributed by atoms with Crippen molar-refractivity contribution in [3.05, 3.63) is 33.8 Å². The minimum atomic E-state index is -0.370. The van der Waals surface area contributed by atoms with Crippen LogP contribution in [0.1, 0.15) is 12.0 Å². The van der Waals surface area contributed by atoms with Crippen LogP contribution in [0.2, 0.25) is 10.0 Å². The number of β-amino-alcohol motifs (C(OH)–C–C–N with tert-alkyl or cyclic N) is 1. The number of carbonyl (C=O) groups is 1. The fraction of sp³-hybridized carbons (Fsp3) is 0.500. The van der Waals surface area contributed by atoms with E-state index in [0.717, 1.165) is 12.1 Å². The molecule has 0 aliphatic carbocycles. The molecule has 1 aromatic carbocycles. The average Bonchev–Trinajstić information content (AvgIpc) is 2.83. The average molecular weight is 354 g/mol. The standard InChI is InChI=1S/C14H18Cl2N2O2.ClH/c15-11-3-1-9(5-12(11)16)2-4-14(20)18-7-10-6-17-8-13(10)19;/h1,3,5,10,13,17,19H,2,4,6-8H2,(H,18,20);1H. The van der Waals surface area contributed by atoms with E-state index in [4.69, 9.17) is 23.2 Å². The summed E-state index contributed by atoms with van der Waals surface area (Å²) >= 11 is 11.8. The number of aryl methyl sites for hydroxylation is 1. The lowest BCUT2D eigenvalue weighted by Crippen LogP contribution is -2.34. The van der Waals surface area contributed by atoms with Gasteiger partial charge in [0.2, 0.25) is 5.91 Å². The molecule has 3 N–H and O–H groups in total. The molecule has 1 heterocycles. The van der Waals surface area contributed by atoms with Gasteiger partial charge in [0.15, 0.2) is 0 Å². The second-order valence-corrected chi connectivity index (χ2v) is 5.85. The molecule has 4 nitrogen and oxygen atoms in total. The molecule has 1 aliphatic heterocycles. The van der Waals surface area contributed by atoms with E-state index in [2.05, 4.69) is 10.6 Å². The summed E-state index contributed by atoms with van der Waals surface area (Å²) in [6, 6.07) is 5.38. The van der Waals surface area contributed by atoms with Gasteiger partial charge in [0.05, 0.1) is 16.1 Å². The first-order valence-electron chi connectivity index (χ1n) is 6.65. The van der Waals surface area contributed by atoms with Gasteiger partial charge in [-0.1, -0.05) is 29.3 Å². The van der Waals surface area contributed by atoms with Crippen LogP contribution in [-0.2, 0) is 11.2 Å². The van der Waals surface area contributed by atoms with Crippen molar-refractivity contribution >= 4 is 41.5 Å². The van der Waals surface area contributed by atoms with Crippen molar-refractivity contribution in [3.63, 3.8) is 0 Å². The van der Waals surface area contributed by atoms with E-state index in [1.54, 1.807) is 12.1 Å². The summed E-state index contributed by atoms with van der Waals surface area (Å²) < 4.78 is 0. The molecule has 0 spiro atoms. The number of benzene rings is 1. The van der Waals surface area contributed by atoms with Gasteiger partial charge in [0.25, 0.3) is 0 Å². The first kappa shape index (κ1) is 18.5. The number of aliphatic hydroxyl groups excluding tert-OH is 1. The zero-order valence-corrected chi connectivity index (χ0v) is 13.8. The maximum Gasteiger partial charge on any atom is 0.220 e. The first-order valence-corrected chi connectivity index (χ1v) is 7.41. The van der Waals surface area contributed by atoms with E-state index < -0.39 is 0 Å². The Bertz CT molecular complexity index is 485. The second kappa shape index (κ2) is 8.81. The Morgan fingerprint density at radius 2 is 2.10 bits per heavy atom. The van der Waals surface area contributed by atoms with Gasteiger partial charge in [0.1, 0.15) is 0 Å². The predicted octanol–water partition coefficient (Wildman–Crippen LogP) is 2.04. The summed E-state index contributed by atoms with van der Waals surface area (Å²) in [7, 11) is 0. The van der Waals surface area contributed by atoms with E-state index >= 15 is 0 Å². The highest BCUT2D eigenvalue weighted by molar-refractivity contribution is 6.42. The van der Waals surface area contributed by atoms with Gasteiger partial charge in [-0.25, -0.2) is 0 Å². The SMILES string of the molecule is Cl.O=C(CCc1ccc(Cl)c(Cl)c1)NCC1CNCC1O. The zero-order valence-electron chi connectivity index (χ0n) is 11.4. The molecule has 0 bridgehead atoms. The summed E-state index contributed by atoms with van der Waals surface area (Å²) in [6.07, 6.45) is 0.646. The lowest BCUT2D eigenvalue weighted by atomic mass is 10.1. The van der Waals surface area contributed by atoms with Crippen molar-refractivity contribution in [1.82, 2.24) is 10.6 Å². The summed E-state index contributed by atoms with van der Waals surface area (Å²) in [5.41, 5.74) is 0.983. The van der Waals surface area contributed by atoms with Crippen molar-refractivity contribution in [2.75, 3.05) is 19.6 Å². The maximum absolute atomic E-state index is 11.8. The summed E-state index contributed by atoms with van der Waals surface area (Å²) in [5, 5.41) is 16.6. The number of hydrogen-bond donors (Lipinski definition) is 3. The molecule has 118 valence electrons. The Balaban J connectivity index is 0.00000220. The molecule has 1 amide bonds. The Morgan fingerprint density at radius 1 is 1.33 bits per heavy atom. The van der Waals surface area contributed by atoms with E-state index in [1.165, 1.54) is 0 Å². The number of nitrogens with one attached hydrogen (secondary N) is 2. The normalized spacial score (nSPS) is 20.9. The molecule has 0 aromatic heterocycles. The molecule has 1 aliphatic rings. The smallest absolute Gasteiger partial charge is 0.220 e. The van der Waals surface area contributed by atoms with Gasteiger partial charge in [-0.3, -0.25) is 4.79 Å². The van der Waals surface area contributed by atoms with E-state index in [1.807, 2.05) is 6.07 Å². The molecule has 1 fully saturated rings. The van der Waals surface area contributed by atoms with Crippen molar-refractivity contribution in [3.8, 4) is 0 Å². The molecule has 7 heteroatoms. The lowest BCUT2D eigenvalue weighted by molar-refractivity contribution is -0.121. The summed E-state index contributed by atoms with van der Waals surface area (Å²) in [5.74, 6) is 0.0825. The van der Waals surface area contributed by atoms with Crippen LogP contribution in [0.15, 0.2) is 18.2 Å². The Hall–Kier alpha value is -0.520. The minimum absolute atomic E-state index is 0. The molecule has 2 unspecified atom stereocenters. The molecule has 2 rings (SSSR count). The van der Waals surface area contributed by atoms with E-state index in [0.29, 0.717) is 36.0 Å².